The number of furan rings is 1. The van der Waals surface area contributed by atoms with Gasteiger partial charge >= 0.3 is 0 Å². The van der Waals surface area contributed by atoms with E-state index >= 15 is 0 Å². The Bertz CT molecular complexity index is 522. The summed E-state index contributed by atoms with van der Waals surface area (Å²) < 4.78 is 31.5. The molecule has 0 saturated carbocycles. The molecule has 0 radical (unpaired) electrons. The predicted molar refractivity (Wildman–Crippen MR) is 60.4 cm³/mol. The summed E-state index contributed by atoms with van der Waals surface area (Å²) in [6.07, 6.45) is 1.77. The summed E-state index contributed by atoms with van der Waals surface area (Å²) >= 11 is 0. The molecule has 0 saturated heterocycles. The van der Waals surface area contributed by atoms with Gasteiger partial charge in [0, 0.05) is 11.6 Å². The summed E-state index contributed by atoms with van der Waals surface area (Å²) in [7, 11) is 0. The predicted octanol–water partition coefficient (Wildman–Crippen LogP) is 3.11. The first-order chi connectivity index (χ1) is 8.08. The Morgan fingerprint density at radius 3 is 2.71 bits per heavy atom. The van der Waals surface area contributed by atoms with Gasteiger partial charge in [-0.25, -0.2) is 8.78 Å². The molecule has 4 heteroatoms. The minimum absolute atomic E-state index is 0.240. The largest absolute Gasteiger partial charge is 0.469 e. The van der Waals surface area contributed by atoms with Gasteiger partial charge in [0.2, 0.25) is 0 Å². The zero-order chi connectivity index (χ0) is 12.4. The lowest BCUT2D eigenvalue weighted by molar-refractivity contribution is 0.521. The van der Waals surface area contributed by atoms with Crippen LogP contribution in [0.2, 0.25) is 0 Å². The van der Waals surface area contributed by atoms with E-state index in [2.05, 4.69) is 0 Å². The Morgan fingerprint density at radius 1 is 1.29 bits per heavy atom. The van der Waals surface area contributed by atoms with Crippen LogP contribution in [-0.2, 0) is 6.42 Å². The van der Waals surface area contributed by atoms with Crippen LogP contribution in [0.4, 0.5) is 8.78 Å². The molecule has 1 heterocycles. The Morgan fingerprint density at radius 2 is 2.06 bits per heavy atom. The molecule has 0 bridgehead atoms. The van der Waals surface area contributed by atoms with E-state index in [0.717, 1.165) is 17.7 Å². The van der Waals surface area contributed by atoms with E-state index in [1.807, 2.05) is 0 Å². The van der Waals surface area contributed by atoms with Crippen LogP contribution >= 0.6 is 0 Å². The maximum absolute atomic E-state index is 13.4. The van der Waals surface area contributed by atoms with Gasteiger partial charge in [-0.3, -0.25) is 0 Å². The van der Waals surface area contributed by atoms with Crippen LogP contribution in [0, 0.1) is 18.6 Å². The monoisotopic (exact) mass is 237 g/mol. The van der Waals surface area contributed by atoms with Gasteiger partial charge in [-0.2, -0.15) is 0 Å². The van der Waals surface area contributed by atoms with Crippen molar-refractivity contribution in [3.05, 3.63) is 59.1 Å². The number of aryl methyl sites for hydroxylation is 1. The maximum Gasteiger partial charge on any atom is 0.126 e. The second-order valence-corrected chi connectivity index (χ2v) is 3.98. The van der Waals surface area contributed by atoms with E-state index < -0.39 is 17.7 Å². The van der Waals surface area contributed by atoms with Gasteiger partial charge in [0.15, 0.2) is 0 Å². The van der Waals surface area contributed by atoms with Crippen molar-refractivity contribution in [1.29, 1.82) is 0 Å². The van der Waals surface area contributed by atoms with Crippen LogP contribution < -0.4 is 5.73 Å². The van der Waals surface area contributed by atoms with Crippen molar-refractivity contribution in [2.75, 3.05) is 0 Å². The molecule has 1 unspecified atom stereocenters. The van der Waals surface area contributed by atoms with Crippen molar-refractivity contribution in [3.63, 3.8) is 0 Å². The fourth-order valence-electron chi connectivity index (χ4n) is 1.83. The fourth-order valence-corrected chi connectivity index (χ4v) is 1.83. The maximum atomic E-state index is 13.4. The molecule has 2 aromatic rings. The minimum Gasteiger partial charge on any atom is -0.469 e. The van der Waals surface area contributed by atoms with Gasteiger partial charge < -0.3 is 10.2 Å². The molecule has 0 spiro atoms. The number of rotatable bonds is 3. The Labute approximate surface area is 98.0 Å². The molecule has 17 heavy (non-hydrogen) atoms. The summed E-state index contributed by atoms with van der Waals surface area (Å²) in [4.78, 5) is 0. The van der Waals surface area contributed by atoms with Gasteiger partial charge in [-0.05, 0) is 43.2 Å². The SMILES string of the molecule is Cc1occc1C(N)Cc1cc(F)ccc1F. The highest BCUT2D eigenvalue weighted by Crippen LogP contribution is 2.22. The summed E-state index contributed by atoms with van der Waals surface area (Å²) in [5.74, 6) is -0.199. The summed E-state index contributed by atoms with van der Waals surface area (Å²) in [5.41, 5.74) is 7.03. The topological polar surface area (TPSA) is 39.2 Å². The summed E-state index contributed by atoms with van der Waals surface area (Å²) in [6.45, 7) is 1.79. The molecule has 0 aliphatic rings. The molecule has 0 amide bonds. The molecule has 2 N–H and O–H groups in total. The smallest absolute Gasteiger partial charge is 0.126 e. The summed E-state index contributed by atoms with van der Waals surface area (Å²) in [5, 5.41) is 0. The quantitative estimate of drug-likeness (QED) is 0.890. The molecule has 0 fully saturated rings. The van der Waals surface area contributed by atoms with Crippen molar-refractivity contribution >= 4 is 0 Å². The molecule has 2 nitrogen and oxygen atoms in total. The Hall–Kier alpha value is -1.68. The highest BCUT2D eigenvalue weighted by atomic mass is 19.1. The number of hydrogen-bond donors (Lipinski definition) is 1. The van der Waals surface area contributed by atoms with Crippen LogP contribution in [0.3, 0.4) is 0 Å². The highest BCUT2D eigenvalue weighted by molar-refractivity contribution is 5.25. The molecule has 0 aliphatic heterocycles. The van der Waals surface area contributed by atoms with Crippen molar-refractivity contribution in [3.8, 4) is 0 Å². The molecular formula is C13H13F2NO. The third-order valence-corrected chi connectivity index (χ3v) is 2.75. The third-order valence-electron chi connectivity index (χ3n) is 2.75. The van der Waals surface area contributed by atoms with Crippen LogP contribution in [0.5, 0.6) is 0 Å². The minimum atomic E-state index is -0.461. The molecule has 2 rings (SSSR count). The third kappa shape index (κ3) is 2.53. The van der Waals surface area contributed by atoms with E-state index in [1.165, 1.54) is 12.3 Å². The second-order valence-electron chi connectivity index (χ2n) is 3.98. The number of halogens is 2. The summed E-state index contributed by atoms with van der Waals surface area (Å²) in [6, 6.07) is 4.72. The molecule has 1 aromatic heterocycles. The van der Waals surface area contributed by atoms with E-state index in [9.17, 15) is 8.78 Å². The first kappa shape index (κ1) is 11.8. The zero-order valence-electron chi connectivity index (χ0n) is 9.41. The lowest BCUT2D eigenvalue weighted by Gasteiger charge is -2.11. The highest BCUT2D eigenvalue weighted by Gasteiger charge is 2.14. The van der Waals surface area contributed by atoms with Gasteiger partial charge in [0.25, 0.3) is 0 Å². The Balaban J connectivity index is 2.21. The van der Waals surface area contributed by atoms with Crippen LogP contribution in [-0.4, -0.2) is 0 Å². The second kappa shape index (κ2) is 4.67. The standard InChI is InChI=1S/C13H13F2NO/c1-8-11(4-5-17-8)13(16)7-9-6-10(14)2-3-12(9)15/h2-6,13H,7,16H2,1H3. The molecule has 1 aromatic carbocycles. The van der Waals surface area contributed by atoms with Crippen LogP contribution in [0.1, 0.15) is 22.9 Å². The van der Waals surface area contributed by atoms with Crippen molar-refractivity contribution < 1.29 is 13.2 Å². The van der Waals surface area contributed by atoms with E-state index in [0.29, 0.717) is 5.76 Å². The van der Waals surface area contributed by atoms with Crippen molar-refractivity contribution in [1.82, 2.24) is 0 Å². The fraction of sp³-hybridized carbons (Fsp3) is 0.231. The van der Waals surface area contributed by atoms with Crippen molar-refractivity contribution in [2.24, 2.45) is 5.73 Å². The van der Waals surface area contributed by atoms with Gasteiger partial charge in [0.1, 0.15) is 17.4 Å². The molecular weight excluding hydrogens is 224 g/mol. The number of nitrogens with two attached hydrogens (primary N) is 1. The van der Waals surface area contributed by atoms with E-state index in [1.54, 1.807) is 13.0 Å². The normalized spacial score (nSPS) is 12.7. The van der Waals surface area contributed by atoms with E-state index in [-0.39, 0.29) is 12.0 Å². The van der Waals surface area contributed by atoms with Gasteiger partial charge in [-0.15, -0.1) is 0 Å². The van der Waals surface area contributed by atoms with Gasteiger partial charge in [-0.1, -0.05) is 0 Å². The van der Waals surface area contributed by atoms with E-state index in [4.69, 9.17) is 10.2 Å². The molecule has 0 aliphatic carbocycles. The molecule has 90 valence electrons. The van der Waals surface area contributed by atoms with Crippen LogP contribution in [0.15, 0.2) is 34.9 Å². The molecule has 1 atom stereocenters. The van der Waals surface area contributed by atoms with Crippen molar-refractivity contribution in [2.45, 2.75) is 19.4 Å². The Kier molecular flexibility index (Phi) is 3.24. The first-order valence-corrected chi connectivity index (χ1v) is 5.31. The first-order valence-electron chi connectivity index (χ1n) is 5.31. The van der Waals surface area contributed by atoms with Gasteiger partial charge in [0.05, 0.1) is 6.26 Å². The number of hydrogen-bond acceptors (Lipinski definition) is 2. The average molecular weight is 237 g/mol. The number of benzene rings is 1. The average Bonchev–Trinajstić information content (AvgIpc) is 2.70. The zero-order valence-corrected chi connectivity index (χ0v) is 9.41. The lowest BCUT2D eigenvalue weighted by Crippen LogP contribution is -2.14. The van der Waals surface area contributed by atoms with Crippen LogP contribution in [0.25, 0.3) is 0 Å². The lowest BCUT2D eigenvalue weighted by atomic mass is 10.00.